The molecular weight excluding hydrogens is 580 g/mol. The number of benzene rings is 7. The van der Waals surface area contributed by atoms with Gasteiger partial charge in [-0.3, -0.25) is 4.90 Å². The van der Waals surface area contributed by atoms with Gasteiger partial charge in [0.25, 0.3) is 0 Å². The van der Waals surface area contributed by atoms with E-state index in [0.717, 1.165) is 84.1 Å². The van der Waals surface area contributed by atoms with Gasteiger partial charge in [-0.05, 0) is 57.9 Å². The van der Waals surface area contributed by atoms with E-state index in [1.807, 2.05) is 36.4 Å². The van der Waals surface area contributed by atoms with Crippen LogP contribution in [-0.2, 0) is 0 Å². The number of nitrogens with zero attached hydrogens (tertiary/aromatic N) is 3. The summed E-state index contributed by atoms with van der Waals surface area (Å²) in [5.74, 6) is 4.45. The number of ether oxygens (including phenoxy) is 2. The molecule has 222 valence electrons. The van der Waals surface area contributed by atoms with Gasteiger partial charge in [-0.2, -0.15) is 0 Å². The predicted molar refractivity (Wildman–Crippen MR) is 188 cm³/mol. The molecule has 0 saturated heterocycles. The van der Waals surface area contributed by atoms with Crippen LogP contribution in [0.3, 0.4) is 0 Å². The third-order valence-electron chi connectivity index (χ3n) is 9.10. The molecule has 1 unspecified atom stereocenters. The van der Waals surface area contributed by atoms with E-state index in [4.69, 9.17) is 19.5 Å². The summed E-state index contributed by atoms with van der Waals surface area (Å²) in [5.41, 5.74) is 5.67. The fraction of sp³-hybridized carbons (Fsp3) is 0.0244. The summed E-state index contributed by atoms with van der Waals surface area (Å²) in [7, 11) is 0. The summed E-state index contributed by atoms with van der Waals surface area (Å²) in [6.45, 7) is 0. The van der Waals surface area contributed by atoms with Crippen LogP contribution >= 0.6 is 0 Å². The Bertz CT molecular complexity index is 2470. The lowest BCUT2D eigenvalue weighted by Gasteiger charge is -2.38. The minimum Gasteiger partial charge on any atom is -0.453 e. The van der Waals surface area contributed by atoms with Gasteiger partial charge >= 0.3 is 0 Å². The van der Waals surface area contributed by atoms with E-state index in [9.17, 15) is 0 Å². The van der Waals surface area contributed by atoms with E-state index in [-0.39, 0.29) is 0 Å². The van der Waals surface area contributed by atoms with E-state index in [2.05, 4.69) is 119 Å². The first-order chi connectivity index (χ1) is 23.3. The summed E-state index contributed by atoms with van der Waals surface area (Å²) < 4.78 is 13.1. The Morgan fingerprint density at radius 3 is 1.94 bits per heavy atom. The molecule has 0 fully saturated rings. The van der Waals surface area contributed by atoms with Gasteiger partial charge in [-0.15, -0.1) is 0 Å². The zero-order valence-corrected chi connectivity index (χ0v) is 25.1. The zero-order valence-electron chi connectivity index (χ0n) is 25.1. The van der Waals surface area contributed by atoms with Crippen LogP contribution in [0, 0.1) is 0 Å². The van der Waals surface area contributed by atoms with Gasteiger partial charge in [0.2, 0.25) is 0 Å². The van der Waals surface area contributed by atoms with Crippen molar-refractivity contribution >= 4 is 50.3 Å². The maximum absolute atomic E-state index is 6.76. The number of rotatable bonds is 3. The molecule has 3 aliphatic heterocycles. The zero-order chi connectivity index (χ0) is 30.9. The summed E-state index contributed by atoms with van der Waals surface area (Å²) in [4.78, 5) is 12.8. The van der Waals surface area contributed by atoms with Crippen LogP contribution in [0.1, 0.15) is 22.9 Å². The molecule has 0 aromatic heterocycles. The highest BCUT2D eigenvalue weighted by molar-refractivity contribution is 6.21. The van der Waals surface area contributed by atoms with Crippen molar-refractivity contribution in [2.75, 3.05) is 4.90 Å². The molecule has 7 aromatic rings. The van der Waals surface area contributed by atoms with Gasteiger partial charge in [0, 0.05) is 11.1 Å². The maximum Gasteiger partial charge on any atom is 0.170 e. The topological polar surface area (TPSA) is 58.5 Å². The Morgan fingerprint density at radius 2 is 1.06 bits per heavy atom. The molecular formula is C41H26N4O2. The van der Waals surface area contributed by atoms with E-state index >= 15 is 0 Å². The lowest BCUT2D eigenvalue weighted by atomic mass is 10.00. The summed E-state index contributed by atoms with van der Waals surface area (Å²) >= 11 is 0. The van der Waals surface area contributed by atoms with Crippen molar-refractivity contribution in [1.29, 1.82) is 0 Å². The number of hydrogen-bond acceptors (Lipinski definition) is 6. The van der Waals surface area contributed by atoms with Crippen LogP contribution in [0.15, 0.2) is 156 Å². The van der Waals surface area contributed by atoms with Crippen LogP contribution in [0.5, 0.6) is 23.0 Å². The third-order valence-corrected chi connectivity index (χ3v) is 9.10. The standard InChI is InChI=1S/C41H26N4O2/c1-3-15-27-25(11-1)13-7-17-29(27)39-42-40(30-18-8-14-26-12-2-4-16-28(26)30)44-41(43-39)31-19-9-21-33-38(31)47-36-24-10-23-35-37(36)45(33)32-20-5-6-22-34(32)46-35/h1-24,39H,(H,42,43,44). The molecule has 10 rings (SSSR count). The molecule has 3 heterocycles. The maximum atomic E-state index is 6.76. The second-order valence-corrected chi connectivity index (χ2v) is 11.8. The minimum absolute atomic E-state index is 0.478. The van der Waals surface area contributed by atoms with Crippen LogP contribution in [-0.4, -0.2) is 11.7 Å². The van der Waals surface area contributed by atoms with Crippen molar-refractivity contribution in [3.8, 4) is 23.0 Å². The van der Waals surface area contributed by atoms with Crippen molar-refractivity contribution in [3.05, 3.63) is 162 Å². The van der Waals surface area contributed by atoms with Crippen LogP contribution < -0.4 is 19.7 Å². The highest BCUT2D eigenvalue weighted by Crippen LogP contribution is 2.60. The Kier molecular flexibility index (Phi) is 5.54. The molecule has 47 heavy (non-hydrogen) atoms. The van der Waals surface area contributed by atoms with Gasteiger partial charge in [-0.25, -0.2) is 9.98 Å². The number of nitrogens with one attached hydrogen (secondary N) is 1. The van der Waals surface area contributed by atoms with Gasteiger partial charge < -0.3 is 14.8 Å². The average molecular weight is 607 g/mol. The largest absolute Gasteiger partial charge is 0.453 e. The SMILES string of the molecule is c1ccc2c(c1)Oc1cccc3c1N2c1cccc(C2=NC(c4cccc5ccccc45)N=C(c4cccc5ccccc45)N2)c1O3. The first kappa shape index (κ1) is 25.9. The molecule has 7 aromatic carbocycles. The average Bonchev–Trinajstić information content (AvgIpc) is 3.14. The first-order valence-corrected chi connectivity index (χ1v) is 15.7. The Morgan fingerprint density at radius 1 is 0.489 bits per heavy atom. The Balaban J connectivity index is 1.18. The molecule has 3 aliphatic rings. The second kappa shape index (κ2) is 10.1. The fourth-order valence-electron chi connectivity index (χ4n) is 6.98. The van der Waals surface area contributed by atoms with Gasteiger partial charge in [0.05, 0.1) is 16.9 Å². The molecule has 0 saturated carbocycles. The monoisotopic (exact) mass is 606 g/mol. The summed E-state index contributed by atoms with van der Waals surface area (Å²) in [6.07, 6.45) is -0.478. The number of aliphatic imine (C=N–C) groups is 2. The minimum atomic E-state index is -0.478. The highest BCUT2D eigenvalue weighted by atomic mass is 16.5. The molecule has 0 amide bonds. The first-order valence-electron chi connectivity index (χ1n) is 15.7. The third kappa shape index (κ3) is 3.98. The van der Waals surface area contributed by atoms with Crippen molar-refractivity contribution in [2.24, 2.45) is 9.98 Å². The lowest BCUT2D eigenvalue weighted by Crippen LogP contribution is -2.36. The van der Waals surface area contributed by atoms with E-state index in [1.165, 1.54) is 0 Å². The molecule has 0 radical (unpaired) electrons. The van der Waals surface area contributed by atoms with Crippen molar-refractivity contribution in [2.45, 2.75) is 6.17 Å². The van der Waals surface area contributed by atoms with Gasteiger partial charge in [0.15, 0.2) is 29.2 Å². The van der Waals surface area contributed by atoms with Crippen molar-refractivity contribution < 1.29 is 9.47 Å². The van der Waals surface area contributed by atoms with E-state index in [0.29, 0.717) is 5.84 Å². The number of fused-ring (bicyclic) bond motifs is 6. The molecule has 0 aliphatic carbocycles. The normalized spacial score (nSPS) is 15.7. The van der Waals surface area contributed by atoms with Gasteiger partial charge in [0.1, 0.15) is 17.4 Å². The molecule has 6 nitrogen and oxygen atoms in total. The number of para-hydroxylation sites is 4. The molecule has 0 spiro atoms. The number of hydrogen-bond donors (Lipinski definition) is 1. The Labute approximate surface area is 270 Å². The highest BCUT2D eigenvalue weighted by Gasteiger charge is 2.36. The molecule has 6 heteroatoms. The number of amidine groups is 2. The van der Waals surface area contributed by atoms with Crippen molar-refractivity contribution in [3.63, 3.8) is 0 Å². The predicted octanol–water partition coefficient (Wildman–Crippen LogP) is 10.2. The van der Waals surface area contributed by atoms with Crippen LogP contribution in [0.4, 0.5) is 17.1 Å². The second-order valence-electron chi connectivity index (χ2n) is 11.8. The molecule has 1 atom stereocenters. The van der Waals surface area contributed by atoms with Crippen LogP contribution in [0.2, 0.25) is 0 Å². The molecule has 0 bridgehead atoms. The van der Waals surface area contributed by atoms with Gasteiger partial charge in [-0.1, -0.05) is 109 Å². The number of anilines is 3. The Hall–Kier alpha value is -6.40. The van der Waals surface area contributed by atoms with Crippen LogP contribution in [0.25, 0.3) is 21.5 Å². The van der Waals surface area contributed by atoms with E-state index < -0.39 is 6.17 Å². The van der Waals surface area contributed by atoms with E-state index in [1.54, 1.807) is 0 Å². The fourth-order valence-corrected chi connectivity index (χ4v) is 6.98. The molecule has 1 N–H and O–H groups in total. The quantitative estimate of drug-likeness (QED) is 0.217. The summed E-state index contributed by atoms with van der Waals surface area (Å²) in [6, 6.07) is 49.7. The smallest absolute Gasteiger partial charge is 0.170 e. The summed E-state index contributed by atoms with van der Waals surface area (Å²) in [5, 5.41) is 8.21. The lowest BCUT2D eigenvalue weighted by molar-refractivity contribution is 0.445. The van der Waals surface area contributed by atoms with Crippen molar-refractivity contribution in [1.82, 2.24) is 5.32 Å².